The predicted octanol–water partition coefficient (Wildman–Crippen LogP) is 6.06. The number of ether oxygens (including phenoxy) is 2. The fourth-order valence-corrected chi connectivity index (χ4v) is 9.63. The minimum Gasteiger partial charge on any atom is -0.494 e. The number of alkyl carbamates (subject to hydrolysis) is 1. The van der Waals surface area contributed by atoms with Crippen molar-refractivity contribution < 1.29 is 19.4 Å². The first-order chi connectivity index (χ1) is 16.2. The molecular formula is C29H47NO4. The average Bonchev–Trinajstić information content (AvgIpc) is 3.29. The van der Waals surface area contributed by atoms with Crippen molar-refractivity contribution in [3.63, 3.8) is 0 Å². The number of aliphatic hydroxyl groups excluding tert-OH is 1. The number of amides is 1. The summed E-state index contributed by atoms with van der Waals surface area (Å²) in [5.74, 6) is 5.39. The number of hydrogen-bond acceptors (Lipinski definition) is 4. The highest BCUT2D eigenvalue weighted by molar-refractivity contribution is 5.66. The molecule has 0 radical (unpaired) electrons. The molecule has 0 spiro atoms. The molecule has 5 rings (SSSR count). The van der Waals surface area contributed by atoms with Gasteiger partial charge in [0.15, 0.2) is 0 Å². The number of hydrogen-bond donors (Lipinski definition) is 2. The normalized spacial score (nSPS) is 46.0. The highest BCUT2D eigenvalue weighted by Gasteiger charge is 2.64. The van der Waals surface area contributed by atoms with E-state index in [4.69, 9.17) is 4.74 Å². The first kappa shape index (κ1) is 24.5. The van der Waals surface area contributed by atoms with E-state index >= 15 is 0 Å². The number of allylic oxidation sites excluding steroid dienone is 1. The lowest BCUT2D eigenvalue weighted by Crippen LogP contribution is -2.54. The third-order valence-electron chi connectivity index (χ3n) is 11.5. The summed E-state index contributed by atoms with van der Waals surface area (Å²) in [7, 11) is 1.41. The SMILES string of the molecule is COC(=O)NC[C@@H](C)CCC1=C(C)[C@H]2[C@H](C[C@H]3[C@@H]4CC[C@H]5C[C@@H](O)CC[C@]5(C)[C@H]4CC[C@@]32C)O1. The molecule has 0 bridgehead atoms. The second-order valence-electron chi connectivity index (χ2n) is 13.1. The van der Waals surface area contributed by atoms with E-state index in [9.17, 15) is 9.90 Å². The zero-order chi connectivity index (χ0) is 24.3. The Kier molecular flexibility index (Phi) is 6.49. The van der Waals surface area contributed by atoms with Gasteiger partial charge in [-0.25, -0.2) is 4.79 Å². The lowest BCUT2D eigenvalue weighted by Gasteiger charge is -2.60. The Morgan fingerprint density at radius 3 is 2.68 bits per heavy atom. The van der Waals surface area contributed by atoms with Crippen molar-refractivity contribution in [3.05, 3.63) is 11.3 Å². The maximum Gasteiger partial charge on any atom is 0.406 e. The molecule has 34 heavy (non-hydrogen) atoms. The van der Waals surface area contributed by atoms with Gasteiger partial charge in [0.25, 0.3) is 0 Å². The first-order valence-corrected chi connectivity index (χ1v) is 14.0. The van der Waals surface area contributed by atoms with Crippen LogP contribution in [0.25, 0.3) is 0 Å². The van der Waals surface area contributed by atoms with E-state index in [1.165, 1.54) is 57.0 Å². The van der Waals surface area contributed by atoms with Gasteiger partial charge in [0.1, 0.15) is 6.10 Å². The molecule has 4 fully saturated rings. The molecule has 0 saturated heterocycles. The molecule has 2 N–H and O–H groups in total. The van der Waals surface area contributed by atoms with Crippen LogP contribution in [-0.2, 0) is 9.47 Å². The molecule has 5 heteroatoms. The average molecular weight is 474 g/mol. The maximum atomic E-state index is 11.4. The van der Waals surface area contributed by atoms with Crippen LogP contribution in [0.4, 0.5) is 4.79 Å². The summed E-state index contributed by atoms with van der Waals surface area (Å²) in [4.78, 5) is 11.4. The van der Waals surface area contributed by atoms with Gasteiger partial charge < -0.3 is 19.9 Å². The monoisotopic (exact) mass is 473 g/mol. The number of fused-ring (bicyclic) bond motifs is 7. The summed E-state index contributed by atoms with van der Waals surface area (Å²) in [5.41, 5.74) is 2.32. The number of nitrogens with one attached hydrogen (secondary N) is 1. The summed E-state index contributed by atoms with van der Waals surface area (Å²) in [6.07, 6.45) is 11.8. The molecule has 1 aliphatic heterocycles. The van der Waals surface area contributed by atoms with Crippen LogP contribution < -0.4 is 5.32 Å². The number of aliphatic hydroxyl groups is 1. The van der Waals surface area contributed by atoms with E-state index in [1.54, 1.807) is 0 Å². The molecular weight excluding hydrogens is 426 g/mol. The fraction of sp³-hybridized carbons (Fsp3) is 0.897. The van der Waals surface area contributed by atoms with Gasteiger partial charge in [0.2, 0.25) is 0 Å². The minimum absolute atomic E-state index is 0.0621. The van der Waals surface area contributed by atoms with Crippen LogP contribution in [0.5, 0.6) is 0 Å². The van der Waals surface area contributed by atoms with E-state index in [2.05, 4.69) is 37.7 Å². The molecule has 1 heterocycles. The van der Waals surface area contributed by atoms with Gasteiger partial charge in [0.05, 0.1) is 19.0 Å². The molecule has 0 aromatic carbocycles. The highest BCUT2D eigenvalue weighted by Crippen LogP contribution is 2.69. The Labute approximate surface area is 206 Å². The van der Waals surface area contributed by atoms with Gasteiger partial charge in [-0.2, -0.15) is 0 Å². The maximum absolute atomic E-state index is 11.4. The molecule has 192 valence electrons. The van der Waals surface area contributed by atoms with Crippen molar-refractivity contribution in [2.75, 3.05) is 13.7 Å². The summed E-state index contributed by atoms with van der Waals surface area (Å²) < 4.78 is 11.4. The molecule has 5 nitrogen and oxygen atoms in total. The number of rotatable bonds is 5. The van der Waals surface area contributed by atoms with Crippen LogP contribution in [0.2, 0.25) is 0 Å². The minimum atomic E-state index is -0.351. The van der Waals surface area contributed by atoms with Crippen LogP contribution >= 0.6 is 0 Å². The highest BCUT2D eigenvalue weighted by atomic mass is 16.5. The molecule has 10 atom stereocenters. The first-order valence-electron chi connectivity index (χ1n) is 14.0. The van der Waals surface area contributed by atoms with Crippen LogP contribution in [0, 0.1) is 46.3 Å². The van der Waals surface area contributed by atoms with Crippen molar-refractivity contribution in [3.8, 4) is 0 Å². The molecule has 4 aliphatic carbocycles. The van der Waals surface area contributed by atoms with E-state index in [0.29, 0.717) is 35.3 Å². The second-order valence-corrected chi connectivity index (χ2v) is 13.1. The standard InChI is InChI=1S/C29H47NO4/c1-17(16-30-27(32)33-5)6-9-24-18(2)26-25(34-24)15-23-21-8-7-19-14-20(31)10-12-28(19,3)22(21)11-13-29(23,26)4/h17,19-23,25-26,31H,6-16H2,1-5H3,(H,30,32)/t17-,19-,20-,21+,22-,23-,25-,26-,28-,29-/m0/s1. The Morgan fingerprint density at radius 1 is 1.15 bits per heavy atom. The summed E-state index contributed by atoms with van der Waals surface area (Å²) >= 11 is 0. The van der Waals surface area contributed by atoms with Crippen LogP contribution in [0.15, 0.2) is 11.3 Å². The molecule has 5 aliphatic rings. The Balaban J connectivity index is 1.26. The van der Waals surface area contributed by atoms with E-state index in [0.717, 1.165) is 49.4 Å². The number of carbonyl (C=O) groups excluding carboxylic acids is 1. The molecule has 0 aromatic heterocycles. The fourth-order valence-electron chi connectivity index (χ4n) is 9.63. The van der Waals surface area contributed by atoms with E-state index < -0.39 is 0 Å². The second kappa shape index (κ2) is 9.01. The summed E-state index contributed by atoms with van der Waals surface area (Å²) in [6.45, 7) is 10.3. The summed E-state index contributed by atoms with van der Waals surface area (Å²) in [6, 6.07) is 0. The van der Waals surface area contributed by atoms with Crippen LogP contribution in [0.3, 0.4) is 0 Å². The van der Waals surface area contributed by atoms with E-state index in [-0.39, 0.29) is 12.2 Å². The van der Waals surface area contributed by atoms with Gasteiger partial charge in [-0.3, -0.25) is 0 Å². The van der Waals surface area contributed by atoms with Gasteiger partial charge in [-0.15, -0.1) is 0 Å². The van der Waals surface area contributed by atoms with Crippen molar-refractivity contribution in [2.45, 2.75) is 104 Å². The number of methoxy groups -OCH3 is 1. The van der Waals surface area contributed by atoms with Crippen molar-refractivity contribution in [1.29, 1.82) is 0 Å². The van der Waals surface area contributed by atoms with Gasteiger partial charge in [-0.05, 0) is 111 Å². The molecule has 4 saturated carbocycles. The lowest BCUT2D eigenvalue weighted by atomic mass is 9.44. The Bertz CT molecular complexity index is 825. The van der Waals surface area contributed by atoms with Gasteiger partial charge >= 0.3 is 6.09 Å². The van der Waals surface area contributed by atoms with Crippen LogP contribution in [-0.4, -0.2) is 37.1 Å². The van der Waals surface area contributed by atoms with Crippen LogP contribution in [0.1, 0.15) is 91.9 Å². The van der Waals surface area contributed by atoms with Gasteiger partial charge in [0, 0.05) is 18.9 Å². The number of carbonyl (C=O) groups is 1. The third-order valence-corrected chi connectivity index (χ3v) is 11.5. The third kappa shape index (κ3) is 3.89. The Morgan fingerprint density at radius 2 is 1.91 bits per heavy atom. The quantitative estimate of drug-likeness (QED) is 0.509. The predicted molar refractivity (Wildman–Crippen MR) is 133 cm³/mol. The van der Waals surface area contributed by atoms with Crippen molar-refractivity contribution in [2.24, 2.45) is 46.3 Å². The smallest absolute Gasteiger partial charge is 0.406 e. The molecule has 0 aromatic rings. The molecule has 0 unspecified atom stereocenters. The lowest BCUT2D eigenvalue weighted by molar-refractivity contribution is -0.124. The van der Waals surface area contributed by atoms with Crippen molar-refractivity contribution in [1.82, 2.24) is 5.32 Å². The molecule has 1 amide bonds. The Hall–Kier alpha value is -1.23. The summed E-state index contributed by atoms with van der Waals surface area (Å²) in [5, 5.41) is 13.1. The zero-order valence-electron chi connectivity index (χ0n) is 22.1. The zero-order valence-corrected chi connectivity index (χ0v) is 22.1. The van der Waals surface area contributed by atoms with Crippen molar-refractivity contribution >= 4 is 6.09 Å². The topological polar surface area (TPSA) is 67.8 Å². The van der Waals surface area contributed by atoms with Gasteiger partial charge in [-0.1, -0.05) is 20.8 Å². The van der Waals surface area contributed by atoms with E-state index in [1.807, 2.05) is 0 Å². The largest absolute Gasteiger partial charge is 0.494 e.